The van der Waals surface area contributed by atoms with Gasteiger partial charge in [-0.25, -0.2) is 4.79 Å². The van der Waals surface area contributed by atoms with Crippen molar-refractivity contribution in [2.24, 2.45) is 5.92 Å². The number of amides is 1. The summed E-state index contributed by atoms with van der Waals surface area (Å²) >= 11 is 0. The second-order valence-corrected chi connectivity index (χ2v) is 7.44. The van der Waals surface area contributed by atoms with Crippen molar-refractivity contribution in [3.05, 3.63) is 23.9 Å². The van der Waals surface area contributed by atoms with Gasteiger partial charge in [0, 0.05) is 19.5 Å². The Morgan fingerprint density at radius 1 is 1.26 bits per heavy atom. The topological polar surface area (TPSA) is 110 Å². The van der Waals surface area contributed by atoms with Gasteiger partial charge < -0.3 is 29.4 Å². The van der Waals surface area contributed by atoms with E-state index in [0.29, 0.717) is 42.0 Å². The fraction of sp³-hybridized carbons (Fsp3) is 0.500. The Morgan fingerprint density at radius 2 is 2.06 bits per heavy atom. The highest BCUT2D eigenvalue weighted by Crippen LogP contribution is 2.35. The molecule has 1 aromatic heterocycles. The molecule has 168 valence electrons. The summed E-state index contributed by atoms with van der Waals surface area (Å²) in [7, 11) is 2.81. The lowest BCUT2D eigenvalue weighted by molar-refractivity contribution is -0.149. The van der Waals surface area contributed by atoms with E-state index in [4.69, 9.17) is 14.2 Å². The standard InChI is InChI=1S/C22H29N3O6/c1-4-31-21(27)14-7-6-11-25(13-14)12-10-17(26)24-19-18-15(8-5-9-16(18)29-2)23-20(19)22(28)30-3/h5,8-9,14,23H,4,6-7,10-13H2,1-3H3,(H,24,26). The summed E-state index contributed by atoms with van der Waals surface area (Å²) in [6.07, 6.45) is 1.91. The number of H-pyrrole nitrogens is 1. The Bertz CT molecular complexity index is 954. The first-order valence-corrected chi connectivity index (χ1v) is 10.4. The first-order valence-electron chi connectivity index (χ1n) is 10.4. The van der Waals surface area contributed by atoms with E-state index in [1.165, 1.54) is 14.2 Å². The van der Waals surface area contributed by atoms with Gasteiger partial charge in [-0.2, -0.15) is 0 Å². The number of aromatic nitrogens is 1. The van der Waals surface area contributed by atoms with Gasteiger partial charge in [0.15, 0.2) is 0 Å². The Labute approximate surface area is 181 Å². The number of methoxy groups -OCH3 is 2. The molecule has 1 aromatic carbocycles. The predicted octanol–water partition coefficient (Wildman–Crippen LogP) is 2.57. The Balaban J connectivity index is 1.70. The quantitative estimate of drug-likeness (QED) is 0.618. The van der Waals surface area contributed by atoms with Crippen molar-refractivity contribution in [1.29, 1.82) is 0 Å². The number of esters is 2. The summed E-state index contributed by atoms with van der Waals surface area (Å²) in [5.74, 6) is -0.615. The maximum Gasteiger partial charge on any atom is 0.356 e. The first-order chi connectivity index (χ1) is 15.0. The van der Waals surface area contributed by atoms with Gasteiger partial charge in [0.05, 0.1) is 43.3 Å². The molecule has 3 rings (SSSR count). The van der Waals surface area contributed by atoms with Crippen LogP contribution in [0.1, 0.15) is 36.7 Å². The number of nitrogens with zero attached hydrogens (tertiary/aromatic N) is 1. The molecule has 0 aliphatic carbocycles. The number of aromatic amines is 1. The van der Waals surface area contributed by atoms with Crippen LogP contribution in [0.4, 0.5) is 5.69 Å². The van der Waals surface area contributed by atoms with Gasteiger partial charge in [-0.1, -0.05) is 6.07 Å². The van der Waals surface area contributed by atoms with Crippen molar-refractivity contribution in [3.63, 3.8) is 0 Å². The molecular weight excluding hydrogens is 402 g/mol. The number of anilines is 1. The number of rotatable bonds is 8. The van der Waals surface area contributed by atoms with Gasteiger partial charge in [0.2, 0.25) is 5.91 Å². The summed E-state index contributed by atoms with van der Waals surface area (Å²) < 4.78 is 15.4. The maximum absolute atomic E-state index is 12.7. The summed E-state index contributed by atoms with van der Waals surface area (Å²) in [5, 5.41) is 3.46. The third-order valence-corrected chi connectivity index (χ3v) is 5.44. The van der Waals surface area contributed by atoms with Crippen LogP contribution in [-0.4, -0.2) is 68.2 Å². The Morgan fingerprint density at radius 3 is 2.77 bits per heavy atom. The van der Waals surface area contributed by atoms with Crippen LogP contribution in [0.25, 0.3) is 10.9 Å². The number of ether oxygens (including phenoxy) is 3. The third-order valence-electron chi connectivity index (χ3n) is 5.44. The molecule has 31 heavy (non-hydrogen) atoms. The normalized spacial score (nSPS) is 16.7. The summed E-state index contributed by atoms with van der Waals surface area (Å²) in [5.41, 5.74) is 1.16. The molecule has 0 radical (unpaired) electrons. The minimum atomic E-state index is -0.582. The zero-order valence-electron chi connectivity index (χ0n) is 18.2. The van der Waals surface area contributed by atoms with Crippen LogP contribution in [0.2, 0.25) is 0 Å². The monoisotopic (exact) mass is 431 g/mol. The van der Waals surface area contributed by atoms with Crippen molar-refractivity contribution in [3.8, 4) is 5.75 Å². The van der Waals surface area contributed by atoms with Crippen LogP contribution < -0.4 is 10.1 Å². The highest BCUT2D eigenvalue weighted by molar-refractivity contribution is 6.12. The van der Waals surface area contributed by atoms with Crippen LogP contribution in [0.3, 0.4) is 0 Å². The molecule has 1 aliphatic heterocycles. The fourth-order valence-electron chi connectivity index (χ4n) is 3.94. The fourth-order valence-corrected chi connectivity index (χ4v) is 3.94. The third kappa shape index (κ3) is 5.16. The molecule has 1 unspecified atom stereocenters. The zero-order valence-corrected chi connectivity index (χ0v) is 18.2. The number of fused-ring (bicyclic) bond motifs is 1. The molecule has 2 N–H and O–H groups in total. The number of likely N-dealkylation sites (tertiary alicyclic amines) is 1. The number of hydrogen-bond acceptors (Lipinski definition) is 7. The molecule has 1 aliphatic rings. The van der Waals surface area contributed by atoms with Crippen molar-refractivity contribution in [2.45, 2.75) is 26.2 Å². The lowest BCUT2D eigenvalue weighted by Crippen LogP contribution is -2.40. The number of carbonyl (C=O) groups is 3. The van der Waals surface area contributed by atoms with Crippen LogP contribution in [-0.2, 0) is 19.1 Å². The number of benzene rings is 1. The van der Waals surface area contributed by atoms with Gasteiger partial charge in [-0.05, 0) is 38.4 Å². The molecule has 1 fully saturated rings. The van der Waals surface area contributed by atoms with Crippen molar-refractivity contribution in [2.75, 3.05) is 45.8 Å². The number of piperidine rings is 1. The SMILES string of the molecule is CCOC(=O)C1CCCN(CCC(=O)Nc2c(C(=O)OC)[nH]c3cccc(OC)c23)C1. The lowest BCUT2D eigenvalue weighted by atomic mass is 9.98. The van der Waals surface area contributed by atoms with E-state index in [2.05, 4.69) is 15.2 Å². The molecule has 0 spiro atoms. The number of carbonyl (C=O) groups excluding carboxylic acids is 3. The maximum atomic E-state index is 12.7. The van der Waals surface area contributed by atoms with E-state index < -0.39 is 5.97 Å². The summed E-state index contributed by atoms with van der Waals surface area (Å²) in [4.78, 5) is 42.1. The Hall–Kier alpha value is -3.07. The van der Waals surface area contributed by atoms with Crippen LogP contribution in [0.5, 0.6) is 5.75 Å². The average molecular weight is 431 g/mol. The minimum Gasteiger partial charge on any atom is -0.496 e. The summed E-state index contributed by atoms with van der Waals surface area (Å²) in [6, 6.07) is 5.35. The molecule has 1 amide bonds. The van der Waals surface area contributed by atoms with Crippen LogP contribution in [0.15, 0.2) is 18.2 Å². The van der Waals surface area contributed by atoms with E-state index in [1.54, 1.807) is 25.1 Å². The molecule has 1 atom stereocenters. The number of hydrogen-bond donors (Lipinski definition) is 2. The molecule has 2 aromatic rings. The van der Waals surface area contributed by atoms with Gasteiger partial charge in [-0.15, -0.1) is 0 Å². The second-order valence-electron chi connectivity index (χ2n) is 7.44. The van der Waals surface area contributed by atoms with Crippen molar-refractivity contribution in [1.82, 2.24) is 9.88 Å². The highest BCUT2D eigenvalue weighted by atomic mass is 16.5. The van der Waals surface area contributed by atoms with Crippen LogP contribution >= 0.6 is 0 Å². The predicted molar refractivity (Wildman–Crippen MR) is 115 cm³/mol. The smallest absolute Gasteiger partial charge is 0.356 e. The van der Waals surface area contributed by atoms with E-state index in [1.807, 2.05) is 0 Å². The number of nitrogens with one attached hydrogen (secondary N) is 2. The van der Waals surface area contributed by atoms with Gasteiger partial charge >= 0.3 is 11.9 Å². The summed E-state index contributed by atoms with van der Waals surface area (Å²) in [6.45, 7) is 4.09. The van der Waals surface area contributed by atoms with Crippen molar-refractivity contribution >= 4 is 34.4 Å². The van der Waals surface area contributed by atoms with E-state index >= 15 is 0 Å². The second kappa shape index (κ2) is 10.3. The van der Waals surface area contributed by atoms with Gasteiger partial charge in [-0.3, -0.25) is 9.59 Å². The Kier molecular flexibility index (Phi) is 7.51. The molecular formula is C22H29N3O6. The van der Waals surface area contributed by atoms with Crippen LogP contribution in [0, 0.1) is 5.92 Å². The highest BCUT2D eigenvalue weighted by Gasteiger charge is 2.27. The first kappa shape index (κ1) is 22.6. The molecule has 0 saturated carbocycles. The minimum absolute atomic E-state index is 0.152. The molecule has 9 nitrogen and oxygen atoms in total. The largest absolute Gasteiger partial charge is 0.496 e. The average Bonchev–Trinajstić information content (AvgIpc) is 3.16. The van der Waals surface area contributed by atoms with Crippen molar-refractivity contribution < 1.29 is 28.6 Å². The van der Waals surface area contributed by atoms with E-state index in [0.717, 1.165) is 19.4 Å². The van der Waals surface area contributed by atoms with E-state index in [9.17, 15) is 14.4 Å². The van der Waals surface area contributed by atoms with Gasteiger partial charge in [0.25, 0.3) is 0 Å². The molecule has 0 bridgehead atoms. The molecule has 2 heterocycles. The van der Waals surface area contributed by atoms with E-state index in [-0.39, 0.29) is 29.9 Å². The molecule has 9 heteroatoms. The zero-order chi connectivity index (χ0) is 22.4. The van der Waals surface area contributed by atoms with Gasteiger partial charge in [0.1, 0.15) is 11.4 Å². The lowest BCUT2D eigenvalue weighted by Gasteiger charge is -2.31. The molecule has 1 saturated heterocycles.